The molecule has 0 aliphatic rings. The molecule has 1 heteroatoms. The second-order valence-corrected chi connectivity index (χ2v) is 2.31. The lowest BCUT2D eigenvalue weighted by Crippen LogP contribution is -1.99. The van der Waals surface area contributed by atoms with Crippen LogP contribution in [0, 0.1) is 0 Å². The maximum Gasteiger partial charge on any atom is 0.00556 e. The van der Waals surface area contributed by atoms with Gasteiger partial charge in [-0.25, -0.2) is 0 Å². The van der Waals surface area contributed by atoms with Crippen LogP contribution in [0.5, 0.6) is 0 Å². The first-order valence-corrected chi connectivity index (χ1v) is 3.14. The minimum Gasteiger partial charge on any atom is -0.383 e. The zero-order valence-electron chi connectivity index (χ0n) is 6.68. The molecule has 52 valence electrons. The van der Waals surface area contributed by atoms with Crippen molar-refractivity contribution in [1.29, 1.82) is 0 Å². The van der Waals surface area contributed by atoms with Gasteiger partial charge in [-0.3, -0.25) is 0 Å². The molecule has 0 aromatic carbocycles. The van der Waals surface area contributed by atoms with Crippen LogP contribution < -0.4 is 0 Å². The Balaban J connectivity index is 3.71. The van der Waals surface area contributed by atoms with E-state index in [1.54, 1.807) is 0 Å². The van der Waals surface area contributed by atoms with Gasteiger partial charge in [0.25, 0.3) is 0 Å². The first-order valence-electron chi connectivity index (χ1n) is 3.14. The van der Waals surface area contributed by atoms with E-state index < -0.39 is 0 Å². The van der Waals surface area contributed by atoms with Crippen LogP contribution >= 0.6 is 0 Å². The van der Waals surface area contributed by atoms with Gasteiger partial charge in [0.15, 0.2) is 0 Å². The molecule has 0 aromatic heterocycles. The molecule has 0 aromatic rings. The Kier molecular flexibility index (Phi) is 3.85. The fraction of sp³-hybridized carbons (Fsp3) is 0.500. The molecule has 0 rings (SSSR count). The SMILES string of the molecule is CC=C(C)/C=C/N(C)C. The normalized spacial score (nSPS) is 12.7. The molecule has 0 fully saturated rings. The lowest BCUT2D eigenvalue weighted by Gasteiger charge is -2.02. The molecule has 0 atom stereocenters. The summed E-state index contributed by atoms with van der Waals surface area (Å²) in [5, 5.41) is 0. The number of rotatable bonds is 2. The number of allylic oxidation sites excluding steroid dienone is 3. The zero-order chi connectivity index (χ0) is 7.28. The molecular weight excluding hydrogens is 110 g/mol. The van der Waals surface area contributed by atoms with Crippen LogP contribution in [0.3, 0.4) is 0 Å². The van der Waals surface area contributed by atoms with Crippen molar-refractivity contribution in [3.05, 3.63) is 23.9 Å². The van der Waals surface area contributed by atoms with Crippen LogP contribution in [0.25, 0.3) is 0 Å². The highest BCUT2D eigenvalue weighted by Crippen LogP contribution is 1.93. The van der Waals surface area contributed by atoms with Gasteiger partial charge in [-0.15, -0.1) is 0 Å². The predicted molar refractivity (Wildman–Crippen MR) is 42.3 cm³/mol. The van der Waals surface area contributed by atoms with Gasteiger partial charge in [-0.05, 0) is 26.1 Å². The third kappa shape index (κ3) is 5.15. The predicted octanol–water partition coefficient (Wildman–Crippen LogP) is 2.03. The summed E-state index contributed by atoms with van der Waals surface area (Å²) in [7, 11) is 4.03. The molecule has 0 aliphatic carbocycles. The fourth-order valence-corrected chi connectivity index (χ4v) is 0.363. The van der Waals surface area contributed by atoms with E-state index in [2.05, 4.69) is 19.1 Å². The Bertz CT molecular complexity index is 121. The lowest BCUT2D eigenvalue weighted by atomic mass is 10.3. The van der Waals surface area contributed by atoms with E-state index in [1.807, 2.05) is 32.1 Å². The summed E-state index contributed by atoms with van der Waals surface area (Å²) in [4.78, 5) is 2.02. The third-order valence-corrected chi connectivity index (χ3v) is 1.09. The maximum absolute atomic E-state index is 2.08. The summed E-state index contributed by atoms with van der Waals surface area (Å²) in [6, 6.07) is 0. The lowest BCUT2D eigenvalue weighted by molar-refractivity contribution is 0.563. The van der Waals surface area contributed by atoms with Crippen molar-refractivity contribution in [2.75, 3.05) is 14.1 Å². The summed E-state index contributed by atoms with van der Waals surface area (Å²) in [6.07, 6.45) is 6.20. The number of hydrogen-bond donors (Lipinski definition) is 0. The Morgan fingerprint density at radius 3 is 2.22 bits per heavy atom. The highest BCUT2D eigenvalue weighted by atomic mass is 15.0. The molecule has 0 radical (unpaired) electrons. The largest absolute Gasteiger partial charge is 0.383 e. The third-order valence-electron chi connectivity index (χ3n) is 1.09. The van der Waals surface area contributed by atoms with E-state index >= 15 is 0 Å². The van der Waals surface area contributed by atoms with Gasteiger partial charge in [0.2, 0.25) is 0 Å². The van der Waals surface area contributed by atoms with Gasteiger partial charge in [-0.1, -0.05) is 11.6 Å². The van der Waals surface area contributed by atoms with E-state index in [4.69, 9.17) is 0 Å². The molecule has 0 aliphatic heterocycles. The van der Waals surface area contributed by atoms with Crippen molar-refractivity contribution >= 4 is 0 Å². The molecule has 0 bridgehead atoms. The summed E-state index contributed by atoms with van der Waals surface area (Å²) in [5.74, 6) is 0. The van der Waals surface area contributed by atoms with Gasteiger partial charge in [0.05, 0.1) is 0 Å². The zero-order valence-corrected chi connectivity index (χ0v) is 6.68. The van der Waals surface area contributed by atoms with E-state index in [1.165, 1.54) is 5.57 Å². The monoisotopic (exact) mass is 125 g/mol. The van der Waals surface area contributed by atoms with Crippen molar-refractivity contribution in [3.63, 3.8) is 0 Å². The minimum atomic E-state index is 1.30. The van der Waals surface area contributed by atoms with Crippen molar-refractivity contribution in [3.8, 4) is 0 Å². The smallest absolute Gasteiger partial charge is 0.00556 e. The van der Waals surface area contributed by atoms with Crippen molar-refractivity contribution in [2.45, 2.75) is 13.8 Å². The maximum atomic E-state index is 2.08. The molecule has 0 unspecified atom stereocenters. The Labute approximate surface area is 57.7 Å². The van der Waals surface area contributed by atoms with Crippen LogP contribution in [0.4, 0.5) is 0 Å². The second-order valence-electron chi connectivity index (χ2n) is 2.31. The molecule has 1 nitrogen and oxygen atoms in total. The molecule has 0 spiro atoms. The summed E-state index contributed by atoms with van der Waals surface area (Å²) in [6.45, 7) is 4.12. The van der Waals surface area contributed by atoms with Gasteiger partial charge < -0.3 is 4.90 Å². The van der Waals surface area contributed by atoms with Gasteiger partial charge >= 0.3 is 0 Å². The molecule has 0 heterocycles. The molecule has 0 N–H and O–H groups in total. The average molecular weight is 125 g/mol. The van der Waals surface area contributed by atoms with Gasteiger partial charge in [-0.2, -0.15) is 0 Å². The summed E-state index contributed by atoms with van der Waals surface area (Å²) < 4.78 is 0. The van der Waals surface area contributed by atoms with Gasteiger partial charge in [0.1, 0.15) is 0 Å². The van der Waals surface area contributed by atoms with Crippen LogP contribution in [0.15, 0.2) is 23.9 Å². The van der Waals surface area contributed by atoms with E-state index in [0.717, 1.165) is 0 Å². The molecule has 0 saturated heterocycles. The van der Waals surface area contributed by atoms with Crippen molar-refractivity contribution in [2.24, 2.45) is 0 Å². The topological polar surface area (TPSA) is 3.24 Å². The summed E-state index contributed by atoms with van der Waals surface area (Å²) >= 11 is 0. The number of hydrogen-bond acceptors (Lipinski definition) is 1. The number of nitrogens with zero attached hydrogens (tertiary/aromatic N) is 1. The van der Waals surface area contributed by atoms with E-state index in [9.17, 15) is 0 Å². The van der Waals surface area contributed by atoms with Crippen molar-refractivity contribution in [1.82, 2.24) is 4.90 Å². The van der Waals surface area contributed by atoms with Crippen LogP contribution in [0.2, 0.25) is 0 Å². The highest BCUT2D eigenvalue weighted by molar-refractivity contribution is 5.13. The van der Waals surface area contributed by atoms with E-state index in [-0.39, 0.29) is 0 Å². The van der Waals surface area contributed by atoms with Crippen LogP contribution in [-0.2, 0) is 0 Å². The fourth-order valence-electron chi connectivity index (χ4n) is 0.363. The average Bonchev–Trinajstić information content (AvgIpc) is 1.83. The van der Waals surface area contributed by atoms with E-state index in [0.29, 0.717) is 0 Å². The first-order chi connectivity index (χ1) is 4.16. The standard InChI is InChI=1S/C8H15N/c1-5-8(2)6-7-9(3)4/h5-7H,1-4H3/b7-6+,8-5?. The Morgan fingerprint density at radius 2 is 1.89 bits per heavy atom. The minimum absolute atomic E-state index is 1.30. The van der Waals surface area contributed by atoms with Gasteiger partial charge in [0, 0.05) is 14.1 Å². The molecular formula is C8H15N. The second kappa shape index (κ2) is 4.19. The highest BCUT2D eigenvalue weighted by Gasteiger charge is 1.76. The molecule has 0 amide bonds. The Hall–Kier alpha value is -0.720. The first kappa shape index (κ1) is 8.28. The van der Waals surface area contributed by atoms with Crippen molar-refractivity contribution < 1.29 is 0 Å². The Morgan fingerprint density at radius 1 is 1.33 bits per heavy atom. The van der Waals surface area contributed by atoms with Crippen LogP contribution in [-0.4, -0.2) is 19.0 Å². The summed E-state index contributed by atoms with van der Waals surface area (Å²) in [5.41, 5.74) is 1.30. The molecule has 0 saturated carbocycles. The molecule has 9 heavy (non-hydrogen) atoms. The van der Waals surface area contributed by atoms with Crippen LogP contribution in [0.1, 0.15) is 13.8 Å². The quantitative estimate of drug-likeness (QED) is 0.510.